The van der Waals surface area contributed by atoms with E-state index in [1.165, 1.54) is 31.4 Å². The largest absolute Gasteiger partial charge is 0.478 e. The van der Waals surface area contributed by atoms with E-state index in [4.69, 9.17) is 14.6 Å². The van der Waals surface area contributed by atoms with Crippen LogP contribution in [0.1, 0.15) is 61.2 Å². The molecule has 1 heterocycles. The Morgan fingerprint density at radius 2 is 2.00 bits per heavy atom. The van der Waals surface area contributed by atoms with Gasteiger partial charge in [0.05, 0.1) is 18.8 Å². The van der Waals surface area contributed by atoms with Gasteiger partial charge in [-0.3, -0.25) is 0 Å². The van der Waals surface area contributed by atoms with Gasteiger partial charge in [0.15, 0.2) is 6.29 Å². The molecule has 122 valence electrons. The zero-order chi connectivity index (χ0) is 15.9. The summed E-state index contributed by atoms with van der Waals surface area (Å²) in [4.78, 5) is 10.8. The highest BCUT2D eigenvalue weighted by atomic mass is 19.1. The van der Waals surface area contributed by atoms with Gasteiger partial charge in [-0.05, 0) is 18.6 Å². The second-order valence-corrected chi connectivity index (χ2v) is 5.76. The third kappa shape index (κ3) is 4.52. The lowest BCUT2D eigenvalue weighted by Crippen LogP contribution is -2.27. The van der Waals surface area contributed by atoms with Gasteiger partial charge in [-0.25, -0.2) is 9.18 Å². The van der Waals surface area contributed by atoms with Gasteiger partial charge in [0.1, 0.15) is 5.82 Å². The average molecular weight is 310 g/mol. The van der Waals surface area contributed by atoms with E-state index >= 15 is 0 Å². The predicted octanol–water partition coefficient (Wildman–Crippen LogP) is 4.16. The molecule has 1 fully saturated rings. The topological polar surface area (TPSA) is 55.8 Å². The summed E-state index contributed by atoms with van der Waals surface area (Å²) < 4.78 is 25.2. The van der Waals surface area contributed by atoms with Crippen LogP contribution in [0.4, 0.5) is 4.39 Å². The molecule has 0 atom stereocenters. The Balaban J connectivity index is 1.85. The summed E-state index contributed by atoms with van der Waals surface area (Å²) in [7, 11) is 0. The first-order chi connectivity index (χ1) is 10.6. The van der Waals surface area contributed by atoms with Gasteiger partial charge in [0, 0.05) is 11.5 Å². The summed E-state index contributed by atoms with van der Waals surface area (Å²) in [5.74, 6) is -1.40. The van der Waals surface area contributed by atoms with Gasteiger partial charge in [0.25, 0.3) is 0 Å². The standard InChI is InChI=1S/C17H23FO4/c1-2-3-4-5-6-12-10-21-17(22-11-12)14-8-7-13(16(19)20)9-15(14)18/h7-9,12,17H,2-6,10-11H2,1H3,(H,19,20). The number of carbonyl (C=O) groups is 1. The number of halogens is 1. The van der Waals surface area contributed by atoms with Gasteiger partial charge in [0.2, 0.25) is 0 Å². The zero-order valence-electron chi connectivity index (χ0n) is 12.9. The molecule has 1 aromatic rings. The maximum absolute atomic E-state index is 14.0. The number of aromatic carboxylic acids is 1. The van der Waals surface area contributed by atoms with Gasteiger partial charge in [-0.15, -0.1) is 0 Å². The van der Waals surface area contributed by atoms with Crippen molar-refractivity contribution < 1.29 is 23.8 Å². The molecule has 0 aromatic heterocycles. The number of hydrogen-bond donors (Lipinski definition) is 1. The van der Waals surface area contributed by atoms with Crippen LogP contribution in [0, 0.1) is 11.7 Å². The lowest BCUT2D eigenvalue weighted by atomic mass is 10.0. The third-order valence-electron chi connectivity index (χ3n) is 3.93. The fraction of sp³-hybridized carbons (Fsp3) is 0.588. The predicted molar refractivity (Wildman–Crippen MR) is 80.3 cm³/mol. The minimum atomic E-state index is -1.15. The van der Waals surface area contributed by atoms with Gasteiger partial charge in [-0.1, -0.05) is 38.7 Å². The summed E-state index contributed by atoms with van der Waals surface area (Å²) in [5.41, 5.74) is 0.181. The van der Waals surface area contributed by atoms with Crippen molar-refractivity contribution >= 4 is 5.97 Å². The molecule has 0 unspecified atom stereocenters. The van der Waals surface area contributed by atoms with Crippen LogP contribution in [0.3, 0.4) is 0 Å². The van der Waals surface area contributed by atoms with E-state index in [0.717, 1.165) is 18.9 Å². The summed E-state index contributed by atoms with van der Waals surface area (Å²) in [6.07, 6.45) is 5.17. The highest BCUT2D eigenvalue weighted by Crippen LogP contribution is 2.29. The molecule has 0 aliphatic carbocycles. The van der Waals surface area contributed by atoms with Gasteiger partial charge in [-0.2, -0.15) is 0 Å². The summed E-state index contributed by atoms with van der Waals surface area (Å²) in [6.45, 7) is 3.29. The Morgan fingerprint density at radius 3 is 2.59 bits per heavy atom. The lowest BCUT2D eigenvalue weighted by Gasteiger charge is -2.29. The fourth-order valence-corrected chi connectivity index (χ4v) is 2.60. The molecule has 1 aliphatic heterocycles. The van der Waals surface area contributed by atoms with E-state index in [2.05, 4.69) is 6.92 Å². The molecular weight excluding hydrogens is 287 g/mol. The zero-order valence-corrected chi connectivity index (χ0v) is 12.9. The van der Waals surface area contributed by atoms with E-state index < -0.39 is 18.1 Å². The first-order valence-electron chi connectivity index (χ1n) is 7.87. The molecule has 0 saturated carbocycles. The van der Waals surface area contributed by atoms with Crippen LogP contribution in [0.15, 0.2) is 18.2 Å². The Labute approximate surface area is 130 Å². The molecule has 1 saturated heterocycles. The Morgan fingerprint density at radius 1 is 1.27 bits per heavy atom. The SMILES string of the molecule is CCCCCCC1COC(c2ccc(C(=O)O)cc2F)OC1. The van der Waals surface area contributed by atoms with Gasteiger partial charge < -0.3 is 14.6 Å². The van der Waals surface area contributed by atoms with E-state index in [1.807, 2.05) is 0 Å². The van der Waals surface area contributed by atoms with Crippen LogP contribution >= 0.6 is 0 Å². The van der Waals surface area contributed by atoms with Crippen molar-refractivity contribution in [3.8, 4) is 0 Å². The molecule has 0 spiro atoms. The fourth-order valence-electron chi connectivity index (χ4n) is 2.60. The maximum atomic E-state index is 14.0. The maximum Gasteiger partial charge on any atom is 0.335 e. The second-order valence-electron chi connectivity index (χ2n) is 5.76. The monoisotopic (exact) mass is 310 g/mol. The van der Waals surface area contributed by atoms with Crippen LogP contribution in [-0.4, -0.2) is 24.3 Å². The van der Waals surface area contributed by atoms with Crippen molar-refractivity contribution in [2.24, 2.45) is 5.92 Å². The third-order valence-corrected chi connectivity index (χ3v) is 3.93. The summed E-state index contributed by atoms with van der Waals surface area (Å²) in [6, 6.07) is 3.79. The molecule has 22 heavy (non-hydrogen) atoms. The van der Waals surface area contributed by atoms with E-state index in [9.17, 15) is 9.18 Å². The Kier molecular flexibility index (Phi) is 6.34. The number of unbranched alkanes of at least 4 members (excludes halogenated alkanes) is 3. The van der Waals surface area contributed by atoms with Crippen molar-refractivity contribution in [3.05, 3.63) is 35.1 Å². The molecule has 0 radical (unpaired) electrons. The normalized spacial score (nSPS) is 21.7. The minimum absolute atomic E-state index is 0.0779. The van der Waals surface area contributed by atoms with Crippen LogP contribution in [0.25, 0.3) is 0 Å². The van der Waals surface area contributed by atoms with Crippen molar-refractivity contribution in [1.82, 2.24) is 0 Å². The van der Waals surface area contributed by atoms with Crippen molar-refractivity contribution in [2.45, 2.75) is 45.3 Å². The molecule has 0 amide bonds. The highest BCUT2D eigenvalue weighted by molar-refractivity contribution is 5.87. The number of rotatable bonds is 7. The second kappa shape index (κ2) is 8.25. The molecule has 4 nitrogen and oxygen atoms in total. The molecule has 1 N–H and O–H groups in total. The number of carboxylic acid groups (broad SMARTS) is 1. The quantitative estimate of drug-likeness (QED) is 0.768. The van der Waals surface area contributed by atoms with E-state index in [1.54, 1.807) is 0 Å². The lowest BCUT2D eigenvalue weighted by molar-refractivity contribution is -0.207. The Hall–Kier alpha value is -1.46. The van der Waals surface area contributed by atoms with E-state index in [-0.39, 0.29) is 11.1 Å². The number of ether oxygens (including phenoxy) is 2. The molecule has 5 heteroatoms. The summed E-state index contributed by atoms with van der Waals surface area (Å²) in [5, 5.41) is 8.84. The molecule has 2 rings (SSSR count). The minimum Gasteiger partial charge on any atom is -0.478 e. The van der Waals surface area contributed by atoms with Crippen molar-refractivity contribution in [2.75, 3.05) is 13.2 Å². The van der Waals surface area contributed by atoms with E-state index in [0.29, 0.717) is 19.1 Å². The highest BCUT2D eigenvalue weighted by Gasteiger charge is 2.25. The number of benzene rings is 1. The summed E-state index contributed by atoms with van der Waals surface area (Å²) >= 11 is 0. The van der Waals surface area contributed by atoms with Crippen LogP contribution in [-0.2, 0) is 9.47 Å². The molecule has 1 aliphatic rings. The number of carboxylic acids is 1. The number of hydrogen-bond acceptors (Lipinski definition) is 3. The van der Waals surface area contributed by atoms with Crippen LogP contribution in [0.2, 0.25) is 0 Å². The van der Waals surface area contributed by atoms with Crippen LogP contribution < -0.4 is 0 Å². The smallest absolute Gasteiger partial charge is 0.335 e. The molecule has 0 bridgehead atoms. The van der Waals surface area contributed by atoms with Crippen molar-refractivity contribution in [1.29, 1.82) is 0 Å². The Bertz CT molecular complexity index is 495. The average Bonchev–Trinajstić information content (AvgIpc) is 2.52. The molecular formula is C17H23FO4. The van der Waals surface area contributed by atoms with Crippen LogP contribution in [0.5, 0.6) is 0 Å². The van der Waals surface area contributed by atoms with Crippen molar-refractivity contribution in [3.63, 3.8) is 0 Å². The van der Waals surface area contributed by atoms with Gasteiger partial charge >= 0.3 is 5.97 Å². The first kappa shape index (κ1) is 16.9. The first-order valence-corrected chi connectivity index (χ1v) is 7.87. The molecule has 1 aromatic carbocycles.